The van der Waals surface area contributed by atoms with Gasteiger partial charge in [-0.1, -0.05) is 29.8 Å². The van der Waals surface area contributed by atoms with E-state index in [9.17, 15) is 9.59 Å². The molecule has 2 aromatic rings. The van der Waals surface area contributed by atoms with E-state index in [-0.39, 0.29) is 0 Å². The van der Waals surface area contributed by atoms with Crippen LogP contribution in [0, 0.1) is 0 Å². The molecule has 1 heterocycles. The van der Waals surface area contributed by atoms with Crippen molar-refractivity contribution in [2.45, 2.75) is 19.6 Å². The summed E-state index contributed by atoms with van der Waals surface area (Å²) in [7, 11) is 2.84. The Balaban J connectivity index is 1.92. The highest BCUT2D eigenvalue weighted by atomic mass is 35.5. The minimum atomic E-state index is -0.681. The van der Waals surface area contributed by atoms with Gasteiger partial charge >= 0.3 is 12.0 Å². The summed E-state index contributed by atoms with van der Waals surface area (Å²) in [6.07, 6.45) is 0. The molecule has 1 unspecified atom stereocenters. The Bertz CT molecular complexity index is 956. The number of halogens is 1. The second kappa shape index (κ2) is 8.87. The number of carbonyl (C=O) groups is 2. The third kappa shape index (κ3) is 4.63. The molecule has 29 heavy (non-hydrogen) atoms. The topological polar surface area (TPSA) is 85.9 Å². The lowest BCUT2D eigenvalue weighted by Gasteiger charge is -2.28. The lowest BCUT2D eigenvalue weighted by atomic mass is 9.95. The van der Waals surface area contributed by atoms with E-state index in [1.807, 2.05) is 12.1 Å². The lowest BCUT2D eigenvalue weighted by molar-refractivity contribution is -0.136. The normalized spacial score (nSPS) is 16.0. The number of ether oxygens (including phenoxy) is 3. The van der Waals surface area contributed by atoms with Crippen LogP contribution in [0.4, 0.5) is 4.79 Å². The van der Waals surface area contributed by atoms with Crippen molar-refractivity contribution in [1.29, 1.82) is 0 Å². The van der Waals surface area contributed by atoms with E-state index in [4.69, 9.17) is 25.8 Å². The fourth-order valence-electron chi connectivity index (χ4n) is 3.05. The Morgan fingerprint density at radius 3 is 2.48 bits per heavy atom. The van der Waals surface area contributed by atoms with Crippen LogP contribution in [-0.2, 0) is 16.1 Å². The number of hydrogen-bond donors (Lipinski definition) is 2. The van der Waals surface area contributed by atoms with Gasteiger partial charge in [-0.05, 0) is 42.3 Å². The monoisotopic (exact) mass is 416 g/mol. The second-order valence-electron chi connectivity index (χ2n) is 6.39. The molecule has 2 N–H and O–H groups in total. The van der Waals surface area contributed by atoms with Crippen molar-refractivity contribution in [3.63, 3.8) is 0 Å². The van der Waals surface area contributed by atoms with Crippen molar-refractivity contribution in [3.8, 4) is 11.5 Å². The van der Waals surface area contributed by atoms with Gasteiger partial charge in [-0.15, -0.1) is 0 Å². The molecule has 1 atom stereocenters. The number of allylic oxidation sites excluding steroid dienone is 1. The number of rotatable bonds is 6. The van der Waals surface area contributed by atoms with Crippen LogP contribution in [0.5, 0.6) is 11.5 Å². The number of nitrogens with one attached hydrogen (secondary N) is 2. The Labute approximate surface area is 173 Å². The van der Waals surface area contributed by atoms with Gasteiger partial charge in [0, 0.05) is 10.7 Å². The Morgan fingerprint density at radius 2 is 1.83 bits per heavy atom. The van der Waals surface area contributed by atoms with Crippen LogP contribution in [0.15, 0.2) is 53.7 Å². The van der Waals surface area contributed by atoms with Gasteiger partial charge in [0.1, 0.15) is 6.61 Å². The van der Waals surface area contributed by atoms with Gasteiger partial charge in [-0.3, -0.25) is 0 Å². The summed E-state index contributed by atoms with van der Waals surface area (Å²) >= 11 is 5.92. The van der Waals surface area contributed by atoms with E-state index in [1.54, 1.807) is 44.4 Å². The van der Waals surface area contributed by atoms with E-state index in [2.05, 4.69) is 10.6 Å². The van der Waals surface area contributed by atoms with Crippen molar-refractivity contribution >= 4 is 23.6 Å². The third-order valence-corrected chi connectivity index (χ3v) is 4.76. The minimum absolute atomic E-state index is 0.300. The molecule has 1 aliphatic rings. The molecule has 152 valence electrons. The molecule has 2 amide bonds. The highest BCUT2D eigenvalue weighted by Crippen LogP contribution is 2.35. The standard InChI is InChI=1S/C21H21ClN2O5/c1-12-18(20(25)28-3)19(24-21(26)23-12)14-6-9-16(27-2)17(10-14)29-11-13-4-7-15(22)8-5-13/h4-10,19H,11H2,1-3H3,(H2,23,24,26). The minimum Gasteiger partial charge on any atom is -0.493 e. The fraction of sp³-hybridized carbons (Fsp3) is 0.238. The first kappa shape index (κ1) is 20.5. The van der Waals surface area contributed by atoms with Crippen LogP contribution < -0.4 is 20.1 Å². The van der Waals surface area contributed by atoms with Crippen LogP contribution in [0.2, 0.25) is 5.02 Å². The number of hydrogen-bond acceptors (Lipinski definition) is 5. The summed E-state index contributed by atoms with van der Waals surface area (Å²) in [6, 6.07) is 11.5. The van der Waals surface area contributed by atoms with Gasteiger partial charge in [0.25, 0.3) is 0 Å². The first-order valence-electron chi connectivity index (χ1n) is 8.84. The molecule has 0 bridgehead atoms. The van der Waals surface area contributed by atoms with Crippen molar-refractivity contribution in [2.75, 3.05) is 14.2 Å². The molecule has 2 aromatic carbocycles. The maximum Gasteiger partial charge on any atom is 0.337 e. The molecular weight excluding hydrogens is 396 g/mol. The molecule has 0 spiro atoms. The Hall–Kier alpha value is -3.19. The maximum absolute atomic E-state index is 12.3. The van der Waals surface area contributed by atoms with Gasteiger partial charge in [0.15, 0.2) is 11.5 Å². The molecule has 0 saturated carbocycles. The van der Waals surface area contributed by atoms with Crippen LogP contribution >= 0.6 is 11.6 Å². The highest BCUT2D eigenvalue weighted by molar-refractivity contribution is 6.30. The molecule has 7 nitrogen and oxygen atoms in total. The average molecular weight is 417 g/mol. The van der Waals surface area contributed by atoms with Gasteiger partial charge < -0.3 is 24.8 Å². The molecule has 0 aromatic heterocycles. The van der Waals surface area contributed by atoms with Crippen LogP contribution in [-0.4, -0.2) is 26.2 Å². The summed E-state index contributed by atoms with van der Waals surface area (Å²) in [6.45, 7) is 1.95. The summed E-state index contributed by atoms with van der Waals surface area (Å²) in [5.41, 5.74) is 2.35. The Kier molecular flexibility index (Phi) is 6.29. The summed E-state index contributed by atoms with van der Waals surface area (Å²) in [4.78, 5) is 24.3. The van der Waals surface area contributed by atoms with Crippen molar-refractivity contribution < 1.29 is 23.8 Å². The van der Waals surface area contributed by atoms with Crippen molar-refractivity contribution in [2.24, 2.45) is 0 Å². The van der Waals surface area contributed by atoms with Crippen molar-refractivity contribution in [1.82, 2.24) is 10.6 Å². The molecule has 0 saturated heterocycles. The van der Waals surface area contributed by atoms with E-state index < -0.39 is 18.0 Å². The second-order valence-corrected chi connectivity index (χ2v) is 6.82. The van der Waals surface area contributed by atoms with Crippen LogP contribution in [0.1, 0.15) is 24.1 Å². The quantitative estimate of drug-likeness (QED) is 0.701. The molecule has 3 rings (SSSR count). The predicted molar refractivity (Wildman–Crippen MR) is 108 cm³/mol. The van der Waals surface area contributed by atoms with E-state index >= 15 is 0 Å². The number of benzene rings is 2. The molecule has 1 aliphatic heterocycles. The van der Waals surface area contributed by atoms with Gasteiger partial charge in [0.05, 0.1) is 25.8 Å². The molecule has 8 heteroatoms. The average Bonchev–Trinajstić information content (AvgIpc) is 2.72. The predicted octanol–water partition coefficient (Wildman–Crippen LogP) is 3.73. The number of carbonyl (C=O) groups excluding carboxylic acids is 2. The van der Waals surface area contributed by atoms with Crippen LogP contribution in [0.3, 0.4) is 0 Å². The van der Waals surface area contributed by atoms with E-state index in [0.717, 1.165) is 5.56 Å². The van der Waals surface area contributed by atoms with E-state index in [0.29, 0.717) is 40.0 Å². The zero-order valence-electron chi connectivity index (χ0n) is 16.2. The molecule has 0 aliphatic carbocycles. The molecule has 0 fully saturated rings. The van der Waals surface area contributed by atoms with Gasteiger partial charge in [-0.2, -0.15) is 0 Å². The zero-order chi connectivity index (χ0) is 21.0. The first-order valence-corrected chi connectivity index (χ1v) is 9.22. The largest absolute Gasteiger partial charge is 0.493 e. The number of urea groups is 1. The molecule has 0 radical (unpaired) electrons. The summed E-state index contributed by atoms with van der Waals surface area (Å²) in [5.74, 6) is 0.484. The van der Waals surface area contributed by atoms with Crippen molar-refractivity contribution in [3.05, 3.63) is 69.9 Å². The molecular formula is C21H21ClN2O5. The third-order valence-electron chi connectivity index (χ3n) is 4.50. The first-order chi connectivity index (χ1) is 13.9. The maximum atomic E-state index is 12.3. The number of amides is 2. The number of esters is 1. The Morgan fingerprint density at radius 1 is 1.10 bits per heavy atom. The smallest absolute Gasteiger partial charge is 0.337 e. The number of methoxy groups -OCH3 is 2. The van der Waals surface area contributed by atoms with Gasteiger partial charge in [-0.25, -0.2) is 9.59 Å². The fourth-order valence-corrected chi connectivity index (χ4v) is 3.18. The van der Waals surface area contributed by atoms with Gasteiger partial charge in [0.2, 0.25) is 0 Å². The van der Waals surface area contributed by atoms with Crippen LogP contribution in [0.25, 0.3) is 0 Å². The van der Waals surface area contributed by atoms with E-state index in [1.165, 1.54) is 7.11 Å². The highest BCUT2D eigenvalue weighted by Gasteiger charge is 2.32. The zero-order valence-corrected chi connectivity index (χ0v) is 17.0. The lowest BCUT2D eigenvalue weighted by Crippen LogP contribution is -2.45. The summed E-state index contributed by atoms with van der Waals surface area (Å²) < 4.78 is 16.2. The SMILES string of the molecule is COC(=O)C1=C(C)NC(=O)NC1c1ccc(OC)c(OCc2ccc(Cl)cc2)c1. The summed E-state index contributed by atoms with van der Waals surface area (Å²) in [5, 5.41) is 5.99.